The lowest BCUT2D eigenvalue weighted by Gasteiger charge is -2.19. The number of benzene rings is 4. The number of halogens is 1. The summed E-state index contributed by atoms with van der Waals surface area (Å²) in [5, 5.41) is 13.2. The van der Waals surface area contributed by atoms with Crippen LogP contribution in [0.5, 0.6) is 0 Å². The molecule has 6 nitrogen and oxygen atoms in total. The Morgan fingerprint density at radius 1 is 0.944 bits per heavy atom. The van der Waals surface area contributed by atoms with Crippen LogP contribution in [0.4, 0.5) is 15.8 Å². The van der Waals surface area contributed by atoms with Gasteiger partial charge >= 0.3 is 5.97 Å². The topological polar surface area (TPSA) is 118 Å². The number of para-hydroxylation sites is 1. The molecule has 1 amide bonds. The molecule has 0 heterocycles. The van der Waals surface area contributed by atoms with E-state index in [0.29, 0.717) is 39.7 Å². The molecule has 0 saturated carbocycles. The van der Waals surface area contributed by atoms with E-state index in [2.05, 4.69) is 5.32 Å². The minimum Gasteiger partial charge on any atom is -0.481 e. The minimum atomic E-state index is -0.892. The third-order valence-electron chi connectivity index (χ3n) is 6.51. The number of carbonyl (C=O) groups excluding carboxylic acids is 1. The average molecular weight is 486 g/mol. The molecule has 0 fully saturated rings. The summed E-state index contributed by atoms with van der Waals surface area (Å²) in [5.41, 5.74) is 17.1. The van der Waals surface area contributed by atoms with Gasteiger partial charge in [0.2, 0.25) is 5.91 Å². The lowest BCUT2D eigenvalue weighted by molar-refractivity contribution is -0.137. The molecule has 0 radical (unpaired) electrons. The maximum Gasteiger partial charge on any atom is 0.303 e. The Labute approximate surface area is 208 Å². The van der Waals surface area contributed by atoms with Crippen molar-refractivity contribution in [2.75, 3.05) is 11.1 Å². The number of nitrogen functional groups attached to an aromatic ring is 1. The average Bonchev–Trinajstić information content (AvgIpc) is 2.88. The molecular weight excluding hydrogens is 457 g/mol. The van der Waals surface area contributed by atoms with Gasteiger partial charge in [-0.05, 0) is 47.6 Å². The maximum atomic E-state index is 14.3. The van der Waals surface area contributed by atoms with E-state index < -0.39 is 11.9 Å². The van der Waals surface area contributed by atoms with Crippen molar-refractivity contribution in [1.29, 1.82) is 0 Å². The van der Waals surface area contributed by atoms with E-state index in [4.69, 9.17) is 16.6 Å². The Morgan fingerprint density at radius 3 is 2.36 bits per heavy atom. The second-order valence-corrected chi connectivity index (χ2v) is 8.70. The molecule has 4 rings (SSSR count). The summed E-state index contributed by atoms with van der Waals surface area (Å²) in [6.07, 6.45) is 0.308. The Hall–Kier alpha value is -4.23. The van der Waals surface area contributed by atoms with Gasteiger partial charge in [0.05, 0.1) is 5.92 Å². The number of hydrogen-bond acceptors (Lipinski definition) is 4. The van der Waals surface area contributed by atoms with E-state index in [1.807, 2.05) is 42.5 Å². The molecule has 7 heteroatoms. The van der Waals surface area contributed by atoms with E-state index >= 15 is 0 Å². The molecule has 0 bridgehead atoms. The molecule has 0 aliphatic carbocycles. The number of nitrogens with one attached hydrogen (secondary N) is 1. The smallest absolute Gasteiger partial charge is 0.303 e. The van der Waals surface area contributed by atoms with Crippen LogP contribution in [0.3, 0.4) is 0 Å². The normalized spacial score (nSPS) is 11.9. The van der Waals surface area contributed by atoms with Gasteiger partial charge in [0.25, 0.3) is 0 Å². The van der Waals surface area contributed by atoms with Gasteiger partial charge in [0.1, 0.15) is 5.82 Å². The highest BCUT2D eigenvalue weighted by atomic mass is 19.1. The Bertz CT molecular complexity index is 1450. The van der Waals surface area contributed by atoms with Crippen LogP contribution in [-0.2, 0) is 22.6 Å². The fraction of sp³-hybridized carbons (Fsp3) is 0.172. The summed E-state index contributed by atoms with van der Waals surface area (Å²) in [4.78, 5) is 24.3. The predicted octanol–water partition coefficient (Wildman–Crippen LogP) is 5.45. The number of aryl methyl sites for hydroxylation is 1. The molecule has 184 valence electrons. The number of fused-ring (bicyclic) bond motifs is 1. The first-order valence-electron chi connectivity index (χ1n) is 11.7. The highest BCUT2D eigenvalue weighted by molar-refractivity contribution is 6.02. The van der Waals surface area contributed by atoms with E-state index in [0.717, 1.165) is 16.7 Å². The van der Waals surface area contributed by atoms with Gasteiger partial charge in [-0.2, -0.15) is 0 Å². The summed E-state index contributed by atoms with van der Waals surface area (Å²) < 4.78 is 14.3. The number of carboxylic acids is 1. The maximum absolute atomic E-state index is 14.3. The van der Waals surface area contributed by atoms with Crippen molar-refractivity contribution in [1.82, 2.24) is 0 Å². The van der Waals surface area contributed by atoms with E-state index in [1.54, 1.807) is 31.2 Å². The molecule has 1 atom stereocenters. The number of anilines is 2. The summed E-state index contributed by atoms with van der Waals surface area (Å²) in [5.74, 6) is -2.00. The van der Waals surface area contributed by atoms with Crippen molar-refractivity contribution in [2.24, 2.45) is 5.73 Å². The van der Waals surface area contributed by atoms with Crippen LogP contribution in [0.25, 0.3) is 21.9 Å². The standard InChI is InChI=1S/C29H28FN3O3/c1-17(19-13-14-25(30)21-7-3-2-6-20(19)21)29(36)33-26-9-5-4-8-22(26)23-12-10-18(11-15-27(34)35)24(16-31)28(23)32/h2-10,12-14,17H,11,15-16,31-32H2,1H3,(H,33,36)(H,34,35). The Kier molecular flexibility index (Phi) is 7.31. The molecule has 6 N–H and O–H groups in total. The van der Waals surface area contributed by atoms with Gasteiger partial charge in [-0.25, -0.2) is 4.39 Å². The number of rotatable bonds is 8. The van der Waals surface area contributed by atoms with Crippen molar-refractivity contribution in [3.63, 3.8) is 0 Å². The molecule has 0 aliphatic rings. The molecular formula is C29H28FN3O3. The van der Waals surface area contributed by atoms with Crippen LogP contribution in [-0.4, -0.2) is 17.0 Å². The number of amides is 1. The first-order valence-corrected chi connectivity index (χ1v) is 11.7. The highest BCUT2D eigenvalue weighted by Gasteiger charge is 2.21. The van der Waals surface area contributed by atoms with E-state index in [-0.39, 0.29) is 24.7 Å². The lowest BCUT2D eigenvalue weighted by atomic mass is 9.92. The quantitative estimate of drug-likeness (QED) is 0.248. The van der Waals surface area contributed by atoms with Crippen molar-refractivity contribution >= 4 is 34.0 Å². The summed E-state index contributed by atoms with van der Waals surface area (Å²) in [6, 6.07) is 21.1. The van der Waals surface area contributed by atoms with Crippen LogP contribution in [0, 0.1) is 5.82 Å². The van der Waals surface area contributed by atoms with Crippen LogP contribution in [0.1, 0.15) is 36.0 Å². The monoisotopic (exact) mass is 485 g/mol. The van der Waals surface area contributed by atoms with Gasteiger partial charge in [0, 0.05) is 40.9 Å². The van der Waals surface area contributed by atoms with Crippen LogP contribution in [0.2, 0.25) is 0 Å². The van der Waals surface area contributed by atoms with Crippen molar-refractivity contribution in [2.45, 2.75) is 32.2 Å². The summed E-state index contributed by atoms with van der Waals surface area (Å²) in [6.45, 7) is 1.95. The van der Waals surface area contributed by atoms with Crippen LogP contribution < -0.4 is 16.8 Å². The van der Waals surface area contributed by atoms with Crippen molar-refractivity contribution in [3.05, 3.63) is 95.3 Å². The molecule has 36 heavy (non-hydrogen) atoms. The lowest BCUT2D eigenvalue weighted by Crippen LogP contribution is -2.19. The van der Waals surface area contributed by atoms with Crippen molar-refractivity contribution < 1.29 is 19.1 Å². The largest absolute Gasteiger partial charge is 0.481 e. The van der Waals surface area contributed by atoms with E-state index in [9.17, 15) is 14.0 Å². The molecule has 4 aromatic rings. The molecule has 0 saturated heterocycles. The van der Waals surface area contributed by atoms with Crippen LogP contribution in [0.15, 0.2) is 72.8 Å². The molecule has 0 aromatic heterocycles. The zero-order valence-corrected chi connectivity index (χ0v) is 19.9. The molecule has 0 spiro atoms. The summed E-state index contributed by atoms with van der Waals surface area (Å²) in [7, 11) is 0. The zero-order valence-electron chi connectivity index (χ0n) is 19.9. The van der Waals surface area contributed by atoms with E-state index in [1.165, 1.54) is 6.07 Å². The Balaban J connectivity index is 1.67. The third kappa shape index (κ3) is 4.92. The third-order valence-corrected chi connectivity index (χ3v) is 6.51. The minimum absolute atomic E-state index is 0.0195. The first-order chi connectivity index (χ1) is 17.3. The number of aliphatic carboxylic acids is 1. The molecule has 1 unspecified atom stereocenters. The number of carboxylic acid groups (broad SMARTS) is 1. The summed E-state index contributed by atoms with van der Waals surface area (Å²) >= 11 is 0. The highest BCUT2D eigenvalue weighted by Crippen LogP contribution is 2.36. The first kappa shape index (κ1) is 24.9. The fourth-order valence-electron chi connectivity index (χ4n) is 4.53. The van der Waals surface area contributed by atoms with Gasteiger partial charge in [0.15, 0.2) is 0 Å². The second kappa shape index (κ2) is 10.6. The van der Waals surface area contributed by atoms with Gasteiger partial charge in [-0.1, -0.05) is 60.7 Å². The number of nitrogens with two attached hydrogens (primary N) is 2. The van der Waals surface area contributed by atoms with Gasteiger partial charge in [-0.15, -0.1) is 0 Å². The number of hydrogen-bond donors (Lipinski definition) is 4. The van der Waals surface area contributed by atoms with Crippen molar-refractivity contribution in [3.8, 4) is 11.1 Å². The predicted molar refractivity (Wildman–Crippen MR) is 141 cm³/mol. The fourth-order valence-corrected chi connectivity index (χ4v) is 4.53. The zero-order chi connectivity index (χ0) is 25.8. The van der Waals surface area contributed by atoms with Gasteiger partial charge in [-0.3, -0.25) is 9.59 Å². The SMILES string of the molecule is CC(C(=O)Nc1ccccc1-c1ccc(CCC(=O)O)c(CN)c1N)c1ccc(F)c2ccccc12. The van der Waals surface area contributed by atoms with Gasteiger partial charge < -0.3 is 21.9 Å². The second-order valence-electron chi connectivity index (χ2n) is 8.70. The van der Waals surface area contributed by atoms with Crippen LogP contribution >= 0.6 is 0 Å². The Morgan fingerprint density at radius 2 is 1.64 bits per heavy atom. The number of carbonyl (C=O) groups is 2. The molecule has 4 aromatic carbocycles. The molecule has 0 aliphatic heterocycles.